The van der Waals surface area contributed by atoms with Gasteiger partial charge in [0, 0.05) is 30.0 Å². The third-order valence-corrected chi connectivity index (χ3v) is 7.01. The molecule has 5 rings (SSSR count). The van der Waals surface area contributed by atoms with Crippen LogP contribution >= 0.6 is 0 Å². The Kier molecular flexibility index (Phi) is 4.07. The number of rotatable bonds is 1. The van der Waals surface area contributed by atoms with E-state index in [1.807, 2.05) is 33.3 Å². The first-order valence-corrected chi connectivity index (χ1v) is 10.6. The molecule has 1 amide bonds. The number of aliphatic hydroxyl groups is 1. The number of nitrogens with zero attached hydrogens (tertiary/aromatic N) is 3. The minimum atomic E-state index is -0.480. The fraction of sp³-hybridized carbons (Fsp3) is 0.565. The molecule has 2 aromatic rings. The molecular formula is C23H29N3O3. The van der Waals surface area contributed by atoms with E-state index < -0.39 is 5.60 Å². The van der Waals surface area contributed by atoms with Crippen LogP contribution in [0.2, 0.25) is 0 Å². The lowest BCUT2D eigenvalue weighted by Crippen LogP contribution is -2.60. The summed E-state index contributed by atoms with van der Waals surface area (Å²) in [7, 11) is 0. The Morgan fingerprint density at radius 1 is 1.24 bits per heavy atom. The lowest BCUT2D eigenvalue weighted by atomic mass is 9.53. The van der Waals surface area contributed by atoms with Gasteiger partial charge in [-0.2, -0.15) is 0 Å². The fourth-order valence-corrected chi connectivity index (χ4v) is 5.55. The molecule has 2 fully saturated rings. The smallest absolute Gasteiger partial charge is 0.410 e. The van der Waals surface area contributed by atoms with E-state index in [2.05, 4.69) is 33.8 Å². The van der Waals surface area contributed by atoms with Gasteiger partial charge in [0.25, 0.3) is 0 Å². The summed E-state index contributed by atoms with van der Waals surface area (Å²) in [5.74, 6) is 0.180. The molecule has 1 N–H and O–H groups in total. The first-order valence-electron chi connectivity index (χ1n) is 10.6. The maximum absolute atomic E-state index is 12.4. The minimum absolute atomic E-state index is 0.0819. The Hall–Kier alpha value is -2.34. The molecule has 3 atom stereocenters. The predicted molar refractivity (Wildman–Crippen MR) is 109 cm³/mol. The number of carbonyl (C=O) groups excluding carboxylic acids is 1. The van der Waals surface area contributed by atoms with Crippen LogP contribution < -0.4 is 0 Å². The largest absolute Gasteiger partial charge is 0.444 e. The van der Waals surface area contributed by atoms with Gasteiger partial charge in [0.2, 0.25) is 0 Å². The van der Waals surface area contributed by atoms with E-state index in [4.69, 9.17) is 4.74 Å². The van der Waals surface area contributed by atoms with Crippen molar-refractivity contribution in [1.82, 2.24) is 14.5 Å². The number of benzene rings is 1. The minimum Gasteiger partial charge on any atom is -0.444 e. The van der Waals surface area contributed by atoms with E-state index in [9.17, 15) is 9.90 Å². The van der Waals surface area contributed by atoms with Crippen molar-refractivity contribution in [2.45, 2.75) is 57.8 Å². The number of fused-ring (bicyclic) bond motifs is 3. The summed E-state index contributed by atoms with van der Waals surface area (Å²) in [6, 6.07) is 8.60. The zero-order chi connectivity index (χ0) is 20.4. The lowest BCUT2D eigenvalue weighted by molar-refractivity contribution is -0.156. The number of piperidine rings is 1. The molecular weight excluding hydrogens is 366 g/mol. The molecule has 6 heteroatoms. The molecule has 1 spiro atoms. The van der Waals surface area contributed by atoms with Crippen molar-refractivity contribution in [2.24, 2.45) is 11.3 Å². The number of hydrogen-bond donors (Lipinski definition) is 1. The zero-order valence-electron chi connectivity index (χ0n) is 17.3. The SMILES string of the molecule is CC(C)(C)OC(=O)N1CCC2(CC1)C[C@H](C1c3ccccc3-c3cncn31)[C@@H]2O. The number of aliphatic hydroxyl groups excluding tert-OH is 1. The molecule has 1 saturated heterocycles. The van der Waals surface area contributed by atoms with Crippen molar-refractivity contribution in [3.05, 3.63) is 42.4 Å². The van der Waals surface area contributed by atoms with Crippen LogP contribution in [0.5, 0.6) is 0 Å². The molecule has 154 valence electrons. The highest BCUT2D eigenvalue weighted by Gasteiger charge is 2.58. The maximum atomic E-state index is 12.4. The number of carbonyl (C=O) groups is 1. The standard InChI is InChI=1S/C23H29N3O3/c1-22(2,3)29-21(28)25-10-8-23(9-11-25)12-17(20(23)27)19-16-7-5-4-6-15(16)18-13-24-14-26(18)19/h4-7,13-14,17,19-20,27H,8-12H2,1-3H3/t17-,19?,20+/m1/s1. The van der Waals surface area contributed by atoms with Crippen LogP contribution in [0.3, 0.4) is 0 Å². The zero-order valence-corrected chi connectivity index (χ0v) is 17.3. The third-order valence-electron chi connectivity index (χ3n) is 7.01. The van der Waals surface area contributed by atoms with Crippen LogP contribution in [0, 0.1) is 11.3 Å². The van der Waals surface area contributed by atoms with Gasteiger partial charge in [0.05, 0.1) is 30.4 Å². The van der Waals surface area contributed by atoms with Gasteiger partial charge in [-0.15, -0.1) is 0 Å². The molecule has 1 aromatic carbocycles. The van der Waals surface area contributed by atoms with E-state index in [0.717, 1.165) is 25.0 Å². The molecule has 0 bridgehead atoms. The number of aromatic nitrogens is 2. The molecule has 1 saturated carbocycles. The summed E-state index contributed by atoms with van der Waals surface area (Å²) in [4.78, 5) is 18.5. The molecule has 6 nitrogen and oxygen atoms in total. The van der Waals surface area contributed by atoms with E-state index >= 15 is 0 Å². The van der Waals surface area contributed by atoms with Gasteiger partial charge in [-0.05, 0) is 45.6 Å². The van der Waals surface area contributed by atoms with Crippen LogP contribution in [0.4, 0.5) is 4.79 Å². The second kappa shape index (κ2) is 6.33. The molecule has 1 aliphatic carbocycles. The Morgan fingerprint density at radius 2 is 1.97 bits per heavy atom. The highest BCUT2D eigenvalue weighted by atomic mass is 16.6. The van der Waals surface area contributed by atoms with Gasteiger partial charge in [0.15, 0.2) is 0 Å². The summed E-state index contributed by atoms with van der Waals surface area (Å²) in [6.07, 6.45) is 5.83. The van der Waals surface area contributed by atoms with E-state index in [1.54, 1.807) is 4.90 Å². The molecule has 0 radical (unpaired) electrons. The number of amides is 1. The van der Waals surface area contributed by atoms with Crippen molar-refractivity contribution in [2.75, 3.05) is 13.1 Å². The van der Waals surface area contributed by atoms with E-state index in [0.29, 0.717) is 13.1 Å². The number of ether oxygens (including phenoxy) is 1. The van der Waals surface area contributed by atoms with Gasteiger partial charge in [0.1, 0.15) is 5.60 Å². The van der Waals surface area contributed by atoms with Gasteiger partial charge in [-0.1, -0.05) is 24.3 Å². The monoisotopic (exact) mass is 395 g/mol. The average molecular weight is 396 g/mol. The van der Waals surface area contributed by atoms with Gasteiger partial charge < -0.3 is 19.3 Å². The van der Waals surface area contributed by atoms with Crippen LogP contribution in [-0.4, -0.2) is 50.4 Å². The van der Waals surface area contributed by atoms with E-state index in [1.165, 1.54) is 11.1 Å². The van der Waals surface area contributed by atoms with E-state index in [-0.39, 0.29) is 29.6 Å². The summed E-state index contributed by atoms with van der Waals surface area (Å²) in [6.45, 7) is 6.97. The van der Waals surface area contributed by atoms with Crippen LogP contribution in [0.1, 0.15) is 51.6 Å². The maximum Gasteiger partial charge on any atom is 0.410 e. The van der Waals surface area contributed by atoms with Gasteiger partial charge >= 0.3 is 6.09 Å². The van der Waals surface area contributed by atoms with Crippen LogP contribution in [-0.2, 0) is 4.74 Å². The van der Waals surface area contributed by atoms with Crippen molar-refractivity contribution >= 4 is 6.09 Å². The lowest BCUT2D eigenvalue weighted by Gasteiger charge is -2.57. The average Bonchev–Trinajstić information content (AvgIpc) is 3.26. The Labute approximate surface area is 171 Å². The molecule has 3 aliphatic rings. The number of likely N-dealkylation sites (tertiary alicyclic amines) is 1. The topological polar surface area (TPSA) is 67.6 Å². The van der Waals surface area contributed by atoms with Crippen molar-refractivity contribution in [1.29, 1.82) is 0 Å². The summed E-state index contributed by atoms with van der Waals surface area (Å²) >= 11 is 0. The Balaban J connectivity index is 1.30. The second-order valence-corrected chi connectivity index (χ2v) is 9.86. The Bertz CT molecular complexity index is 937. The van der Waals surface area contributed by atoms with Gasteiger partial charge in [-0.3, -0.25) is 0 Å². The summed E-state index contributed by atoms with van der Waals surface area (Å²) in [5.41, 5.74) is 3.09. The van der Waals surface area contributed by atoms with Crippen molar-refractivity contribution < 1.29 is 14.6 Å². The first kappa shape index (κ1) is 18.7. The molecule has 1 unspecified atom stereocenters. The molecule has 29 heavy (non-hydrogen) atoms. The van der Waals surface area contributed by atoms with Gasteiger partial charge in [-0.25, -0.2) is 9.78 Å². The normalized spacial score (nSPS) is 27.3. The van der Waals surface area contributed by atoms with Crippen molar-refractivity contribution in [3.63, 3.8) is 0 Å². The van der Waals surface area contributed by atoms with Crippen LogP contribution in [0.25, 0.3) is 11.3 Å². The summed E-state index contributed by atoms with van der Waals surface area (Å²) in [5, 5.41) is 11.3. The highest BCUT2D eigenvalue weighted by Crippen LogP contribution is 2.59. The third kappa shape index (κ3) is 2.88. The number of imidazole rings is 1. The van der Waals surface area contributed by atoms with Crippen LogP contribution in [0.15, 0.2) is 36.8 Å². The quantitative estimate of drug-likeness (QED) is 0.796. The molecule has 1 aromatic heterocycles. The van der Waals surface area contributed by atoms with Crippen molar-refractivity contribution in [3.8, 4) is 11.3 Å². The Morgan fingerprint density at radius 3 is 2.66 bits per heavy atom. The first-order chi connectivity index (χ1) is 13.8. The fourth-order valence-electron chi connectivity index (χ4n) is 5.55. The number of hydrogen-bond acceptors (Lipinski definition) is 4. The molecule has 3 heterocycles. The second-order valence-electron chi connectivity index (χ2n) is 9.86. The predicted octanol–water partition coefficient (Wildman–Crippen LogP) is 3.85. The molecule has 2 aliphatic heterocycles. The summed E-state index contributed by atoms with van der Waals surface area (Å²) < 4.78 is 7.73. The highest BCUT2D eigenvalue weighted by molar-refractivity contribution is 5.69.